The number of hydrogen-bond acceptors (Lipinski definition) is 6. The van der Waals surface area contributed by atoms with Crippen LogP contribution < -0.4 is 15.8 Å². The highest BCUT2D eigenvalue weighted by Crippen LogP contribution is 2.21. The number of aliphatic hydroxyl groups is 1. The Morgan fingerprint density at radius 3 is 2.67 bits per heavy atom. The fourth-order valence-electron chi connectivity index (χ4n) is 1.92. The van der Waals surface area contributed by atoms with Gasteiger partial charge in [0.2, 0.25) is 5.88 Å². The summed E-state index contributed by atoms with van der Waals surface area (Å²) in [6.07, 6.45) is 0.797. The molecule has 21 heavy (non-hydrogen) atoms. The number of nitrogens with one attached hydrogen (secondary N) is 1. The highest BCUT2D eigenvalue weighted by atomic mass is 16.5. The zero-order valence-corrected chi connectivity index (χ0v) is 12.2. The van der Waals surface area contributed by atoms with Crippen molar-refractivity contribution in [2.24, 2.45) is 0 Å². The highest BCUT2D eigenvalue weighted by Gasteiger charge is 2.11. The lowest BCUT2D eigenvalue weighted by atomic mass is 10.1. The summed E-state index contributed by atoms with van der Waals surface area (Å²) in [5, 5.41) is 13.3. The lowest BCUT2D eigenvalue weighted by Crippen LogP contribution is -2.14. The second-order valence-corrected chi connectivity index (χ2v) is 4.65. The molecule has 112 valence electrons. The van der Waals surface area contributed by atoms with E-state index in [1.54, 1.807) is 24.3 Å². The number of aliphatic hydroxyl groups excluding tert-OH is 1. The number of anilines is 2. The molecular formula is C15H20N4O2. The van der Waals surface area contributed by atoms with E-state index in [1.807, 2.05) is 13.8 Å². The normalized spacial score (nSPS) is 12.0. The summed E-state index contributed by atoms with van der Waals surface area (Å²) >= 11 is 0. The second-order valence-electron chi connectivity index (χ2n) is 4.65. The van der Waals surface area contributed by atoms with Gasteiger partial charge in [-0.1, -0.05) is 12.1 Å². The number of nitrogens with zero attached hydrogens (tertiary/aromatic N) is 2. The van der Waals surface area contributed by atoms with Crippen molar-refractivity contribution in [1.29, 1.82) is 0 Å². The van der Waals surface area contributed by atoms with Crippen LogP contribution >= 0.6 is 0 Å². The van der Waals surface area contributed by atoms with Crippen LogP contribution in [0.2, 0.25) is 0 Å². The molecule has 1 heterocycles. The van der Waals surface area contributed by atoms with Gasteiger partial charge in [-0.2, -0.15) is 0 Å². The van der Waals surface area contributed by atoms with Crippen molar-refractivity contribution in [3.63, 3.8) is 0 Å². The van der Waals surface area contributed by atoms with Crippen LogP contribution in [0.1, 0.15) is 24.2 Å². The van der Waals surface area contributed by atoms with Gasteiger partial charge in [0.15, 0.2) is 0 Å². The summed E-state index contributed by atoms with van der Waals surface area (Å²) in [6, 6.07) is 7.14. The Labute approximate surface area is 124 Å². The van der Waals surface area contributed by atoms with Crippen LogP contribution in [0.15, 0.2) is 30.6 Å². The van der Waals surface area contributed by atoms with Gasteiger partial charge in [0.1, 0.15) is 12.1 Å². The lowest BCUT2D eigenvalue weighted by molar-refractivity contribution is 0.191. The minimum absolute atomic E-state index is 0.341. The van der Waals surface area contributed by atoms with Crippen LogP contribution in [0, 0.1) is 6.92 Å². The Morgan fingerprint density at radius 2 is 2.00 bits per heavy atom. The van der Waals surface area contributed by atoms with Crippen molar-refractivity contribution in [3.8, 4) is 5.88 Å². The molecule has 2 rings (SSSR count). The molecule has 1 unspecified atom stereocenters. The quantitative estimate of drug-likeness (QED) is 0.703. The maximum Gasteiger partial charge on any atom is 0.221 e. The van der Waals surface area contributed by atoms with Gasteiger partial charge < -0.3 is 20.9 Å². The molecule has 1 aromatic carbocycles. The average molecular weight is 288 g/mol. The summed E-state index contributed by atoms with van der Waals surface area (Å²) in [7, 11) is 0. The minimum Gasteiger partial charge on any atom is -0.478 e. The molecule has 6 nitrogen and oxygen atoms in total. The van der Waals surface area contributed by atoms with Crippen molar-refractivity contribution in [1.82, 2.24) is 9.97 Å². The van der Waals surface area contributed by atoms with Crippen LogP contribution in [-0.2, 0) is 0 Å². The molecule has 0 aliphatic heterocycles. The van der Waals surface area contributed by atoms with E-state index in [0.717, 1.165) is 11.1 Å². The molecule has 0 radical (unpaired) electrons. The topological polar surface area (TPSA) is 93.3 Å². The number of nitrogen functional groups attached to an aromatic ring is 1. The summed E-state index contributed by atoms with van der Waals surface area (Å²) in [5.74, 6) is 1.21. The van der Waals surface area contributed by atoms with Gasteiger partial charge in [0.05, 0.1) is 18.3 Å². The summed E-state index contributed by atoms with van der Waals surface area (Å²) < 4.78 is 5.41. The van der Waals surface area contributed by atoms with Crippen molar-refractivity contribution >= 4 is 11.5 Å². The maximum absolute atomic E-state index is 10.2. The molecule has 0 spiro atoms. The third-order valence-electron chi connectivity index (χ3n) is 3.10. The Hall–Kier alpha value is -2.34. The van der Waals surface area contributed by atoms with E-state index in [2.05, 4.69) is 15.3 Å². The maximum atomic E-state index is 10.2. The molecule has 1 atom stereocenters. The van der Waals surface area contributed by atoms with Crippen LogP contribution in [-0.4, -0.2) is 28.2 Å². The fraction of sp³-hybridized carbons (Fsp3) is 0.333. The van der Waals surface area contributed by atoms with Crippen molar-refractivity contribution in [2.45, 2.75) is 20.0 Å². The molecule has 4 N–H and O–H groups in total. The Bertz CT molecular complexity index is 587. The first kappa shape index (κ1) is 15.1. The number of aromatic nitrogens is 2. The first-order valence-corrected chi connectivity index (χ1v) is 6.83. The molecule has 0 saturated carbocycles. The van der Waals surface area contributed by atoms with Gasteiger partial charge >= 0.3 is 0 Å². The van der Waals surface area contributed by atoms with Crippen molar-refractivity contribution in [3.05, 3.63) is 41.7 Å². The molecule has 1 aromatic heterocycles. The number of hydrogen-bond donors (Lipinski definition) is 3. The van der Waals surface area contributed by atoms with Gasteiger partial charge in [-0.3, -0.25) is 0 Å². The molecule has 0 bridgehead atoms. The molecule has 0 aliphatic rings. The first-order valence-electron chi connectivity index (χ1n) is 6.83. The van der Waals surface area contributed by atoms with Gasteiger partial charge in [-0.25, -0.2) is 9.97 Å². The zero-order chi connectivity index (χ0) is 15.2. The van der Waals surface area contributed by atoms with E-state index >= 15 is 0 Å². The fourth-order valence-corrected chi connectivity index (χ4v) is 1.92. The highest BCUT2D eigenvalue weighted by molar-refractivity contribution is 5.48. The largest absolute Gasteiger partial charge is 0.478 e. The monoisotopic (exact) mass is 288 g/mol. The molecule has 0 amide bonds. The minimum atomic E-state index is -0.643. The Morgan fingerprint density at radius 1 is 1.29 bits per heavy atom. The molecular weight excluding hydrogens is 268 g/mol. The first-order chi connectivity index (χ1) is 10.1. The third-order valence-corrected chi connectivity index (χ3v) is 3.10. The van der Waals surface area contributed by atoms with Crippen molar-refractivity contribution < 1.29 is 9.84 Å². The van der Waals surface area contributed by atoms with Gasteiger partial charge in [0, 0.05) is 12.2 Å². The number of rotatable bonds is 6. The molecule has 0 saturated heterocycles. The van der Waals surface area contributed by atoms with Crippen LogP contribution in [0.25, 0.3) is 0 Å². The number of benzene rings is 1. The number of nitrogens with two attached hydrogens (primary N) is 1. The predicted molar refractivity (Wildman–Crippen MR) is 82.2 cm³/mol. The SMILES string of the molecule is CCOc1ncnc(NCC(O)c2ccc(N)cc2)c1C. The third kappa shape index (κ3) is 3.82. The molecule has 0 aliphatic carbocycles. The van der Waals surface area contributed by atoms with E-state index < -0.39 is 6.10 Å². The van der Waals surface area contributed by atoms with Crippen LogP contribution in [0.3, 0.4) is 0 Å². The lowest BCUT2D eigenvalue weighted by Gasteiger charge is -2.15. The van der Waals surface area contributed by atoms with Crippen LogP contribution in [0.4, 0.5) is 11.5 Å². The predicted octanol–water partition coefficient (Wildman–Crippen LogP) is 1.91. The summed E-state index contributed by atoms with van der Waals surface area (Å²) in [4.78, 5) is 8.24. The van der Waals surface area contributed by atoms with E-state index in [9.17, 15) is 5.11 Å². The average Bonchev–Trinajstić information content (AvgIpc) is 2.49. The number of ether oxygens (including phenoxy) is 1. The standard InChI is InChI=1S/C15H20N4O2/c1-3-21-15-10(2)14(18-9-19-15)17-8-13(20)11-4-6-12(16)7-5-11/h4-7,9,13,20H,3,8,16H2,1-2H3,(H,17,18,19). The van der Waals surface area contributed by atoms with Gasteiger partial charge in [0.25, 0.3) is 0 Å². The van der Waals surface area contributed by atoms with E-state index in [0.29, 0.717) is 30.5 Å². The second kappa shape index (κ2) is 6.90. The Kier molecular flexibility index (Phi) is 4.94. The van der Waals surface area contributed by atoms with Crippen molar-refractivity contribution in [2.75, 3.05) is 24.2 Å². The van der Waals surface area contributed by atoms with E-state index in [1.165, 1.54) is 6.33 Å². The molecule has 0 fully saturated rings. The summed E-state index contributed by atoms with van der Waals surface area (Å²) in [6.45, 7) is 4.67. The molecule has 2 aromatic rings. The van der Waals surface area contributed by atoms with Crippen LogP contribution in [0.5, 0.6) is 5.88 Å². The Balaban J connectivity index is 2.02. The van der Waals surface area contributed by atoms with Gasteiger partial charge in [-0.05, 0) is 31.5 Å². The zero-order valence-electron chi connectivity index (χ0n) is 12.2. The van der Waals surface area contributed by atoms with E-state index in [-0.39, 0.29) is 0 Å². The van der Waals surface area contributed by atoms with Gasteiger partial charge in [-0.15, -0.1) is 0 Å². The molecule has 6 heteroatoms. The smallest absolute Gasteiger partial charge is 0.221 e. The van der Waals surface area contributed by atoms with E-state index in [4.69, 9.17) is 10.5 Å². The summed E-state index contributed by atoms with van der Waals surface area (Å²) in [5.41, 5.74) is 7.92.